The van der Waals surface area contributed by atoms with Crippen molar-refractivity contribution in [2.75, 3.05) is 6.61 Å². The summed E-state index contributed by atoms with van der Waals surface area (Å²) in [6, 6.07) is 0. The molecule has 0 aliphatic heterocycles. The van der Waals surface area contributed by atoms with Gasteiger partial charge in [-0.1, -0.05) is 103 Å². The third kappa shape index (κ3) is 12.5. The van der Waals surface area contributed by atoms with E-state index in [2.05, 4.69) is 6.92 Å². The minimum absolute atomic E-state index is 0.613. The first kappa shape index (κ1) is 20.0. The van der Waals surface area contributed by atoms with Gasteiger partial charge in [0.2, 0.25) is 0 Å². The van der Waals surface area contributed by atoms with Gasteiger partial charge in [0.05, 0.1) is 6.10 Å². The standard InChI is InChI=1S/C21H42O/c1-2-3-4-5-6-7-8-9-10-11-12-13-14-17-20-22-21-18-15-16-19-21/h21H,2-20H2,1H3. The molecule has 1 rings (SSSR count). The molecule has 0 aromatic heterocycles. The average Bonchev–Trinajstić information content (AvgIpc) is 3.04. The van der Waals surface area contributed by atoms with Crippen molar-refractivity contribution >= 4 is 0 Å². The molecule has 0 bridgehead atoms. The highest BCUT2D eigenvalue weighted by molar-refractivity contribution is 4.66. The van der Waals surface area contributed by atoms with Gasteiger partial charge in [-0.15, -0.1) is 0 Å². The molecule has 1 nitrogen and oxygen atoms in total. The predicted molar refractivity (Wildman–Crippen MR) is 98.5 cm³/mol. The predicted octanol–water partition coefficient (Wildman–Crippen LogP) is 7.43. The third-order valence-electron chi connectivity index (χ3n) is 5.15. The van der Waals surface area contributed by atoms with Crippen molar-refractivity contribution in [1.82, 2.24) is 0 Å². The summed E-state index contributed by atoms with van der Waals surface area (Å²) in [6.45, 7) is 3.31. The molecule has 1 saturated carbocycles. The van der Waals surface area contributed by atoms with Crippen LogP contribution in [0.25, 0.3) is 0 Å². The molecule has 0 radical (unpaired) electrons. The maximum atomic E-state index is 5.91. The maximum absolute atomic E-state index is 5.91. The van der Waals surface area contributed by atoms with E-state index in [-0.39, 0.29) is 0 Å². The molecule has 0 atom stereocenters. The van der Waals surface area contributed by atoms with Crippen LogP contribution < -0.4 is 0 Å². The Morgan fingerprint density at radius 3 is 1.45 bits per heavy atom. The van der Waals surface area contributed by atoms with Gasteiger partial charge in [-0.3, -0.25) is 0 Å². The molecule has 0 saturated heterocycles. The number of unbranched alkanes of at least 4 members (excludes halogenated alkanes) is 13. The lowest BCUT2D eigenvalue weighted by atomic mass is 10.0. The van der Waals surface area contributed by atoms with Crippen molar-refractivity contribution in [3.8, 4) is 0 Å². The molecular formula is C21H42O. The van der Waals surface area contributed by atoms with Crippen LogP contribution in [0.4, 0.5) is 0 Å². The molecule has 1 aliphatic carbocycles. The first-order valence-corrected chi connectivity index (χ1v) is 10.5. The van der Waals surface area contributed by atoms with Crippen molar-refractivity contribution in [3.63, 3.8) is 0 Å². The van der Waals surface area contributed by atoms with Gasteiger partial charge in [-0.2, -0.15) is 0 Å². The zero-order valence-corrected chi connectivity index (χ0v) is 15.4. The summed E-state index contributed by atoms with van der Waals surface area (Å²) in [5.74, 6) is 0. The van der Waals surface area contributed by atoms with Crippen molar-refractivity contribution < 1.29 is 4.74 Å². The van der Waals surface area contributed by atoms with Gasteiger partial charge in [0, 0.05) is 6.61 Å². The first-order valence-electron chi connectivity index (χ1n) is 10.5. The molecule has 1 fully saturated rings. The quantitative estimate of drug-likeness (QED) is 0.269. The summed E-state index contributed by atoms with van der Waals surface area (Å²) >= 11 is 0. The highest BCUT2D eigenvalue weighted by Crippen LogP contribution is 2.21. The Balaban J connectivity index is 1.64. The molecule has 0 aromatic carbocycles. The summed E-state index contributed by atoms with van der Waals surface area (Å²) in [7, 11) is 0. The van der Waals surface area contributed by atoms with Crippen molar-refractivity contribution in [2.24, 2.45) is 0 Å². The van der Waals surface area contributed by atoms with Crippen LogP contribution in [0.1, 0.15) is 122 Å². The molecular weight excluding hydrogens is 268 g/mol. The maximum Gasteiger partial charge on any atom is 0.0575 e. The van der Waals surface area contributed by atoms with Gasteiger partial charge in [-0.25, -0.2) is 0 Å². The Hall–Kier alpha value is -0.0400. The zero-order valence-electron chi connectivity index (χ0n) is 15.4. The van der Waals surface area contributed by atoms with Crippen LogP contribution in [0.3, 0.4) is 0 Å². The Morgan fingerprint density at radius 2 is 1.00 bits per heavy atom. The van der Waals surface area contributed by atoms with Gasteiger partial charge in [-0.05, 0) is 19.3 Å². The van der Waals surface area contributed by atoms with Crippen molar-refractivity contribution in [1.29, 1.82) is 0 Å². The second kappa shape index (κ2) is 15.8. The second-order valence-corrected chi connectivity index (χ2v) is 7.37. The topological polar surface area (TPSA) is 9.23 Å². The Kier molecular flexibility index (Phi) is 14.4. The highest BCUT2D eigenvalue weighted by Gasteiger charge is 2.14. The minimum Gasteiger partial charge on any atom is -0.378 e. The number of rotatable bonds is 16. The normalized spacial score (nSPS) is 15.7. The van der Waals surface area contributed by atoms with Crippen LogP contribution in [0.2, 0.25) is 0 Å². The van der Waals surface area contributed by atoms with E-state index >= 15 is 0 Å². The van der Waals surface area contributed by atoms with E-state index in [1.807, 2.05) is 0 Å². The number of hydrogen-bond donors (Lipinski definition) is 0. The monoisotopic (exact) mass is 310 g/mol. The molecule has 1 aliphatic rings. The zero-order chi connectivity index (χ0) is 15.7. The lowest BCUT2D eigenvalue weighted by Gasteiger charge is -2.10. The van der Waals surface area contributed by atoms with Crippen LogP contribution in [0.5, 0.6) is 0 Å². The summed E-state index contributed by atoms with van der Waals surface area (Å²) in [5, 5.41) is 0. The fourth-order valence-electron chi connectivity index (χ4n) is 3.60. The molecule has 0 amide bonds. The van der Waals surface area contributed by atoms with Crippen LogP contribution in [-0.4, -0.2) is 12.7 Å². The van der Waals surface area contributed by atoms with E-state index in [1.54, 1.807) is 0 Å². The molecule has 132 valence electrons. The van der Waals surface area contributed by atoms with Crippen LogP contribution >= 0.6 is 0 Å². The lowest BCUT2D eigenvalue weighted by Crippen LogP contribution is -2.08. The van der Waals surface area contributed by atoms with Crippen molar-refractivity contribution in [2.45, 2.75) is 129 Å². The SMILES string of the molecule is CCCCCCCCCCCCCCCCOC1CCCC1. The minimum atomic E-state index is 0.613. The van der Waals surface area contributed by atoms with Gasteiger partial charge >= 0.3 is 0 Å². The smallest absolute Gasteiger partial charge is 0.0575 e. The molecule has 0 aromatic rings. The van der Waals surface area contributed by atoms with E-state index in [4.69, 9.17) is 4.74 Å². The summed E-state index contributed by atoms with van der Waals surface area (Å²) in [5.41, 5.74) is 0. The molecule has 0 N–H and O–H groups in total. The van der Waals surface area contributed by atoms with E-state index < -0.39 is 0 Å². The summed E-state index contributed by atoms with van der Waals surface area (Å²) < 4.78 is 5.91. The van der Waals surface area contributed by atoms with Crippen LogP contribution in [0.15, 0.2) is 0 Å². The number of ether oxygens (including phenoxy) is 1. The Morgan fingerprint density at radius 1 is 0.591 bits per heavy atom. The van der Waals surface area contributed by atoms with Crippen LogP contribution in [0, 0.1) is 0 Å². The van der Waals surface area contributed by atoms with Crippen molar-refractivity contribution in [3.05, 3.63) is 0 Å². The first-order chi connectivity index (χ1) is 10.9. The molecule has 0 heterocycles. The van der Waals surface area contributed by atoms with Gasteiger partial charge in [0.15, 0.2) is 0 Å². The van der Waals surface area contributed by atoms with Gasteiger partial charge in [0.25, 0.3) is 0 Å². The highest BCUT2D eigenvalue weighted by atomic mass is 16.5. The fraction of sp³-hybridized carbons (Fsp3) is 1.00. The van der Waals surface area contributed by atoms with E-state index in [0.29, 0.717) is 6.10 Å². The number of hydrogen-bond acceptors (Lipinski definition) is 1. The third-order valence-corrected chi connectivity index (χ3v) is 5.15. The largest absolute Gasteiger partial charge is 0.378 e. The summed E-state index contributed by atoms with van der Waals surface area (Å²) in [4.78, 5) is 0. The molecule has 0 unspecified atom stereocenters. The van der Waals surface area contributed by atoms with E-state index in [1.165, 1.54) is 116 Å². The van der Waals surface area contributed by atoms with Gasteiger partial charge in [0.1, 0.15) is 0 Å². The van der Waals surface area contributed by atoms with Crippen LogP contribution in [-0.2, 0) is 4.74 Å². The van der Waals surface area contributed by atoms with E-state index in [9.17, 15) is 0 Å². The molecule has 1 heteroatoms. The Bertz CT molecular complexity index is 208. The van der Waals surface area contributed by atoms with E-state index in [0.717, 1.165) is 6.61 Å². The summed E-state index contributed by atoms with van der Waals surface area (Å²) in [6.07, 6.45) is 26.1. The molecule has 22 heavy (non-hydrogen) atoms. The fourth-order valence-corrected chi connectivity index (χ4v) is 3.60. The second-order valence-electron chi connectivity index (χ2n) is 7.37. The average molecular weight is 311 g/mol. The Labute approximate surface area is 140 Å². The molecule has 0 spiro atoms. The lowest BCUT2D eigenvalue weighted by molar-refractivity contribution is 0.0556. The van der Waals surface area contributed by atoms with Gasteiger partial charge < -0.3 is 4.74 Å².